The Hall–Kier alpha value is -1.78. The highest BCUT2D eigenvalue weighted by Gasteiger charge is 2.00. The zero-order chi connectivity index (χ0) is 7.68. The molecular formula is C6H7N5. The highest BCUT2D eigenvalue weighted by molar-refractivity contribution is 5.57. The van der Waals surface area contributed by atoms with Gasteiger partial charge in [0.2, 0.25) is 0 Å². The van der Waals surface area contributed by atoms with Crippen molar-refractivity contribution in [1.82, 2.24) is 20.2 Å². The maximum atomic E-state index is 5.39. The van der Waals surface area contributed by atoms with Gasteiger partial charge in [-0.2, -0.15) is 5.10 Å². The third kappa shape index (κ3) is 0.958. The van der Waals surface area contributed by atoms with Crippen molar-refractivity contribution in [2.45, 2.75) is 0 Å². The number of nitrogen functional groups attached to an aromatic ring is 1. The first-order valence-corrected chi connectivity index (χ1v) is 3.16. The number of aromatic amines is 2. The maximum absolute atomic E-state index is 5.39. The Morgan fingerprint density at radius 1 is 1.36 bits per heavy atom. The van der Waals surface area contributed by atoms with Crippen LogP contribution in [0.1, 0.15) is 0 Å². The molecule has 2 aromatic rings. The number of hydrogen-bond donors (Lipinski definition) is 3. The monoisotopic (exact) mass is 149 g/mol. The molecule has 0 fully saturated rings. The molecular weight excluding hydrogens is 142 g/mol. The average Bonchev–Trinajstić information content (AvgIpc) is 2.55. The van der Waals surface area contributed by atoms with Crippen molar-refractivity contribution >= 4 is 5.95 Å². The number of H-pyrrole nitrogens is 2. The molecule has 5 heteroatoms. The van der Waals surface area contributed by atoms with E-state index in [9.17, 15) is 0 Å². The Labute approximate surface area is 62.7 Å². The number of aromatic nitrogens is 4. The minimum absolute atomic E-state index is 0.418. The van der Waals surface area contributed by atoms with Gasteiger partial charge in [0, 0.05) is 11.8 Å². The Morgan fingerprint density at radius 2 is 2.27 bits per heavy atom. The largest absolute Gasteiger partial charge is 0.369 e. The second-order valence-electron chi connectivity index (χ2n) is 2.17. The number of nitrogens with one attached hydrogen (secondary N) is 2. The van der Waals surface area contributed by atoms with Gasteiger partial charge in [-0.05, 0) is 0 Å². The van der Waals surface area contributed by atoms with E-state index in [1.165, 1.54) is 0 Å². The normalized spacial score (nSPS) is 10.2. The summed E-state index contributed by atoms with van der Waals surface area (Å²) in [5.74, 6) is 0.418. The standard InChI is InChI=1S/C6H7N5/c7-6-8-3-5(11-6)4-1-9-10-2-4/h1-3H,(H,9,10)(H3,7,8,11). The van der Waals surface area contributed by atoms with Gasteiger partial charge in [-0.15, -0.1) is 0 Å². The summed E-state index contributed by atoms with van der Waals surface area (Å²) < 4.78 is 0. The van der Waals surface area contributed by atoms with Crippen molar-refractivity contribution in [2.24, 2.45) is 0 Å². The second-order valence-corrected chi connectivity index (χ2v) is 2.17. The van der Waals surface area contributed by atoms with Gasteiger partial charge in [-0.1, -0.05) is 0 Å². The van der Waals surface area contributed by atoms with Crippen LogP contribution >= 0.6 is 0 Å². The lowest BCUT2D eigenvalue weighted by molar-refractivity contribution is 1.09. The smallest absolute Gasteiger partial charge is 0.197 e. The summed E-state index contributed by atoms with van der Waals surface area (Å²) >= 11 is 0. The highest BCUT2D eigenvalue weighted by atomic mass is 15.1. The molecule has 56 valence electrons. The number of nitrogens with zero attached hydrogens (tertiary/aromatic N) is 2. The Morgan fingerprint density at radius 3 is 2.82 bits per heavy atom. The molecule has 0 atom stereocenters. The van der Waals surface area contributed by atoms with Crippen LogP contribution in [-0.4, -0.2) is 20.2 Å². The van der Waals surface area contributed by atoms with Gasteiger partial charge < -0.3 is 10.7 Å². The van der Waals surface area contributed by atoms with E-state index < -0.39 is 0 Å². The summed E-state index contributed by atoms with van der Waals surface area (Å²) in [5, 5.41) is 6.49. The molecule has 2 heterocycles. The molecule has 0 radical (unpaired) electrons. The molecule has 4 N–H and O–H groups in total. The fraction of sp³-hybridized carbons (Fsp3) is 0. The van der Waals surface area contributed by atoms with Crippen LogP contribution in [0.3, 0.4) is 0 Å². The molecule has 2 rings (SSSR count). The van der Waals surface area contributed by atoms with Crippen LogP contribution < -0.4 is 5.73 Å². The zero-order valence-corrected chi connectivity index (χ0v) is 5.70. The van der Waals surface area contributed by atoms with Crippen LogP contribution in [0, 0.1) is 0 Å². The topological polar surface area (TPSA) is 83.4 Å². The molecule has 0 unspecified atom stereocenters. The summed E-state index contributed by atoms with van der Waals surface area (Å²) in [5.41, 5.74) is 7.21. The van der Waals surface area contributed by atoms with E-state index in [2.05, 4.69) is 20.2 Å². The lowest BCUT2D eigenvalue weighted by atomic mass is 10.3. The Balaban J connectivity index is 2.45. The van der Waals surface area contributed by atoms with Gasteiger partial charge in [0.25, 0.3) is 0 Å². The summed E-state index contributed by atoms with van der Waals surface area (Å²) in [6.07, 6.45) is 5.14. The Bertz CT molecular complexity index is 333. The molecule has 2 aromatic heterocycles. The Kier molecular flexibility index (Phi) is 1.15. The van der Waals surface area contributed by atoms with E-state index in [4.69, 9.17) is 5.73 Å². The SMILES string of the molecule is Nc1ncc(-c2cn[nH]c2)[nH]1. The molecule has 0 aliphatic heterocycles. The first kappa shape index (κ1) is 5.96. The minimum atomic E-state index is 0.418. The number of hydrogen-bond acceptors (Lipinski definition) is 3. The van der Waals surface area contributed by atoms with Gasteiger partial charge in [0.1, 0.15) is 0 Å². The zero-order valence-electron chi connectivity index (χ0n) is 5.70. The van der Waals surface area contributed by atoms with Crippen molar-refractivity contribution < 1.29 is 0 Å². The van der Waals surface area contributed by atoms with Crippen LogP contribution in [0.15, 0.2) is 18.6 Å². The second kappa shape index (κ2) is 2.12. The predicted octanol–water partition coefficient (Wildman–Crippen LogP) is 0.382. The molecule has 0 amide bonds. The van der Waals surface area contributed by atoms with Crippen molar-refractivity contribution in [1.29, 1.82) is 0 Å². The highest BCUT2D eigenvalue weighted by Crippen LogP contribution is 2.14. The molecule has 0 aliphatic rings. The molecule has 5 nitrogen and oxygen atoms in total. The van der Waals surface area contributed by atoms with E-state index >= 15 is 0 Å². The predicted molar refractivity (Wildman–Crippen MR) is 40.6 cm³/mol. The fourth-order valence-electron chi connectivity index (χ4n) is 0.882. The van der Waals surface area contributed by atoms with Crippen molar-refractivity contribution in [3.05, 3.63) is 18.6 Å². The van der Waals surface area contributed by atoms with E-state index in [-0.39, 0.29) is 0 Å². The summed E-state index contributed by atoms with van der Waals surface area (Å²) in [6.45, 7) is 0. The molecule has 0 aliphatic carbocycles. The van der Waals surface area contributed by atoms with Gasteiger partial charge in [0.15, 0.2) is 5.95 Å². The van der Waals surface area contributed by atoms with Crippen LogP contribution in [0.5, 0.6) is 0 Å². The molecule has 0 spiro atoms. The van der Waals surface area contributed by atoms with E-state index in [1.54, 1.807) is 18.6 Å². The molecule has 0 aromatic carbocycles. The third-order valence-electron chi connectivity index (χ3n) is 1.40. The molecule has 11 heavy (non-hydrogen) atoms. The number of imidazole rings is 1. The lowest BCUT2D eigenvalue weighted by Crippen LogP contribution is -1.84. The van der Waals surface area contributed by atoms with Gasteiger partial charge in [0.05, 0.1) is 18.1 Å². The lowest BCUT2D eigenvalue weighted by Gasteiger charge is -1.85. The van der Waals surface area contributed by atoms with Crippen molar-refractivity contribution in [3.63, 3.8) is 0 Å². The summed E-state index contributed by atoms with van der Waals surface area (Å²) in [7, 11) is 0. The van der Waals surface area contributed by atoms with Gasteiger partial charge in [-0.25, -0.2) is 4.98 Å². The molecule has 0 saturated carbocycles. The molecule has 0 bridgehead atoms. The molecule has 0 saturated heterocycles. The first-order chi connectivity index (χ1) is 5.36. The quantitative estimate of drug-likeness (QED) is 0.548. The third-order valence-corrected chi connectivity index (χ3v) is 1.40. The summed E-state index contributed by atoms with van der Waals surface area (Å²) in [6, 6.07) is 0. The number of nitrogens with two attached hydrogens (primary N) is 1. The number of anilines is 1. The minimum Gasteiger partial charge on any atom is -0.369 e. The van der Waals surface area contributed by atoms with E-state index in [0.717, 1.165) is 11.3 Å². The van der Waals surface area contributed by atoms with Gasteiger partial charge in [-0.3, -0.25) is 5.10 Å². The van der Waals surface area contributed by atoms with Crippen LogP contribution in [0.2, 0.25) is 0 Å². The average molecular weight is 149 g/mol. The first-order valence-electron chi connectivity index (χ1n) is 3.16. The van der Waals surface area contributed by atoms with E-state index in [1.807, 2.05) is 0 Å². The van der Waals surface area contributed by atoms with Crippen LogP contribution in [-0.2, 0) is 0 Å². The van der Waals surface area contributed by atoms with E-state index in [0.29, 0.717) is 5.95 Å². The van der Waals surface area contributed by atoms with Crippen molar-refractivity contribution in [3.8, 4) is 11.3 Å². The fourth-order valence-corrected chi connectivity index (χ4v) is 0.882. The number of rotatable bonds is 1. The summed E-state index contributed by atoms with van der Waals surface area (Å²) in [4.78, 5) is 6.74. The van der Waals surface area contributed by atoms with Gasteiger partial charge >= 0.3 is 0 Å². The van der Waals surface area contributed by atoms with Crippen LogP contribution in [0.4, 0.5) is 5.95 Å². The maximum Gasteiger partial charge on any atom is 0.197 e. The van der Waals surface area contributed by atoms with Crippen LogP contribution in [0.25, 0.3) is 11.3 Å². The van der Waals surface area contributed by atoms with Crippen molar-refractivity contribution in [2.75, 3.05) is 5.73 Å².